The quantitative estimate of drug-likeness (QED) is 0.486. The van der Waals surface area contributed by atoms with Crippen LogP contribution in [0.1, 0.15) is 22.2 Å². The highest BCUT2D eigenvalue weighted by Gasteiger charge is 2.31. The van der Waals surface area contributed by atoms with E-state index in [2.05, 4.69) is 10.6 Å². The summed E-state index contributed by atoms with van der Waals surface area (Å²) in [6.07, 6.45) is 0. The van der Waals surface area contributed by atoms with Crippen LogP contribution in [0.25, 0.3) is 21.5 Å². The fourth-order valence-electron chi connectivity index (χ4n) is 3.52. The molecule has 1 aliphatic rings. The minimum atomic E-state index is -0.444. The fraction of sp³-hybridized carbons (Fsp3) is 0.0435. The molecule has 2 heterocycles. The average molecular weight is 401 g/mol. The first-order chi connectivity index (χ1) is 14.2. The number of nitrogens with zero attached hydrogens (tertiary/aromatic N) is 1. The first kappa shape index (κ1) is 17.6. The van der Waals surface area contributed by atoms with Crippen LogP contribution in [0, 0.1) is 5.82 Å². The highest BCUT2D eigenvalue weighted by Crippen LogP contribution is 2.40. The molecule has 0 saturated carbocycles. The zero-order valence-corrected chi connectivity index (χ0v) is 16.0. The van der Waals surface area contributed by atoms with Gasteiger partial charge >= 0.3 is 6.03 Å². The van der Waals surface area contributed by atoms with E-state index in [-0.39, 0.29) is 11.8 Å². The van der Waals surface area contributed by atoms with Crippen molar-refractivity contribution < 1.29 is 9.18 Å². The lowest BCUT2D eigenvalue weighted by Gasteiger charge is -2.30. The van der Waals surface area contributed by atoms with E-state index in [1.54, 1.807) is 23.5 Å². The van der Waals surface area contributed by atoms with Gasteiger partial charge in [0.05, 0.1) is 22.0 Å². The number of benzene rings is 3. The number of carbonyl (C=O) groups excluding carboxylic acids is 1. The minimum absolute atomic E-state index is 0.303. The van der Waals surface area contributed by atoms with Gasteiger partial charge in [0.25, 0.3) is 0 Å². The van der Waals surface area contributed by atoms with Gasteiger partial charge in [-0.2, -0.15) is 0 Å². The Labute approximate surface area is 170 Å². The molecular formula is C23H16FN3OS. The van der Waals surface area contributed by atoms with Crippen LogP contribution in [0.3, 0.4) is 0 Å². The maximum Gasteiger partial charge on any atom is 0.320 e. The summed E-state index contributed by atoms with van der Waals surface area (Å²) in [6, 6.07) is 23.1. The highest BCUT2D eigenvalue weighted by molar-refractivity contribution is 7.19. The van der Waals surface area contributed by atoms with Gasteiger partial charge in [0.15, 0.2) is 0 Å². The summed E-state index contributed by atoms with van der Waals surface area (Å²) < 4.78 is 14.6. The molecule has 3 aromatic carbocycles. The summed E-state index contributed by atoms with van der Waals surface area (Å²) in [5.41, 5.74) is 4.17. The van der Waals surface area contributed by atoms with Crippen molar-refractivity contribution in [2.24, 2.45) is 0 Å². The number of halogens is 1. The van der Waals surface area contributed by atoms with E-state index < -0.39 is 6.04 Å². The van der Waals surface area contributed by atoms with Crippen molar-refractivity contribution in [2.45, 2.75) is 6.04 Å². The maximum absolute atomic E-state index is 13.5. The number of para-hydroxylation sites is 1. The van der Waals surface area contributed by atoms with Gasteiger partial charge in [-0.3, -0.25) is 0 Å². The fourth-order valence-corrected chi connectivity index (χ4v) is 4.57. The van der Waals surface area contributed by atoms with Gasteiger partial charge in [-0.15, -0.1) is 11.3 Å². The van der Waals surface area contributed by atoms with Gasteiger partial charge in [0.1, 0.15) is 10.8 Å². The Kier molecular flexibility index (Phi) is 4.33. The standard InChI is InChI=1S/C23H16FN3OS/c24-16-12-10-15(11-13-16)21-19(22-25-17-8-4-5-9-18(17)29-22)20(26-23(28)27-21)14-6-2-1-3-7-14/h1-13,21H,(H2,26,27,28). The number of aromatic nitrogens is 1. The number of fused-ring (bicyclic) bond motifs is 1. The van der Waals surface area contributed by atoms with Gasteiger partial charge in [-0.1, -0.05) is 54.6 Å². The van der Waals surface area contributed by atoms with Gasteiger partial charge < -0.3 is 10.6 Å². The van der Waals surface area contributed by atoms with Gasteiger partial charge in [0.2, 0.25) is 0 Å². The summed E-state index contributed by atoms with van der Waals surface area (Å²) in [6.45, 7) is 0. The largest absolute Gasteiger partial charge is 0.327 e. The molecule has 0 radical (unpaired) electrons. The zero-order valence-electron chi connectivity index (χ0n) is 15.2. The lowest BCUT2D eigenvalue weighted by Crippen LogP contribution is -2.42. The van der Waals surface area contributed by atoms with Crippen LogP contribution in [0.15, 0.2) is 78.9 Å². The number of hydrogen-bond acceptors (Lipinski definition) is 3. The molecule has 0 saturated heterocycles. The van der Waals surface area contributed by atoms with E-state index in [4.69, 9.17) is 4.98 Å². The van der Waals surface area contributed by atoms with Crippen molar-refractivity contribution in [1.29, 1.82) is 0 Å². The zero-order chi connectivity index (χ0) is 19.8. The number of rotatable bonds is 3. The Balaban J connectivity index is 1.76. The number of thiazole rings is 1. The maximum atomic E-state index is 13.5. The first-order valence-corrected chi connectivity index (χ1v) is 9.99. The summed E-state index contributed by atoms with van der Waals surface area (Å²) in [4.78, 5) is 17.3. The van der Waals surface area contributed by atoms with E-state index in [9.17, 15) is 9.18 Å². The normalized spacial score (nSPS) is 16.6. The van der Waals surface area contributed by atoms with Crippen LogP contribution in [0.2, 0.25) is 0 Å². The number of hydrogen-bond donors (Lipinski definition) is 2. The van der Waals surface area contributed by atoms with E-state index in [1.807, 2.05) is 54.6 Å². The van der Waals surface area contributed by atoms with Crippen LogP contribution in [0.5, 0.6) is 0 Å². The first-order valence-electron chi connectivity index (χ1n) is 9.17. The second-order valence-electron chi connectivity index (χ2n) is 6.72. The van der Waals surface area contributed by atoms with Gasteiger partial charge in [-0.05, 0) is 35.4 Å². The Hall–Kier alpha value is -3.51. The summed E-state index contributed by atoms with van der Waals surface area (Å²) >= 11 is 1.57. The molecule has 0 aliphatic carbocycles. The van der Waals surface area contributed by atoms with Crippen LogP contribution >= 0.6 is 11.3 Å². The molecule has 1 aliphatic heterocycles. The second kappa shape index (κ2) is 7.14. The third kappa shape index (κ3) is 3.28. The predicted molar refractivity (Wildman–Crippen MR) is 114 cm³/mol. The Morgan fingerprint density at radius 2 is 1.62 bits per heavy atom. The summed E-state index contributed by atoms with van der Waals surface area (Å²) in [5, 5.41) is 6.75. The van der Waals surface area contributed by atoms with Crippen molar-refractivity contribution >= 4 is 38.9 Å². The lowest BCUT2D eigenvalue weighted by molar-refractivity contribution is 0.242. The predicted octanol–water partition coefficient (Wildman–Crippen LogP) is 5.36. The molecule has 1 atom stereocenters. The van der Waals surface area contributed by atoms with Crippen molar-refractivity contribution in [3.63, 3.8) is 0 Å². The number of urea groups is 1. The molecule has 0 fully saturated rings. The Morgan fingerprint density at radius 3 is 2.38 bits per heavy atom. The van der Waals surface area contributed by atoms with Crippen LogP contribution in [-0.2, 0) is 0 Å². The molecule has 1 unspecified atom stereocenters. The second-order valence-corrected chi connectivity index (χ2v) is 7.76. The van der Waals surface area contributed by atoms with Crippen LogP contribution < -0.4 is 10.6 Å². The van der Waals surface area contributed by atoms with E-state index in [1.165, 1.54) is 12.1 Å². The third-order valence-electron chi connectivity index (χ3n) is 4.86. The molecule has 2 amide bonds. The highest BCUT2D eigenvalue weighted by atomic mass is 32.1. The molecule has 142 valence electrons. The van der Waals surface area contributed by atoms with Crippen molar-refractivity contribution in [3.8, 4) is 0 Å². The molecule has 0 spiro atoms. The Bertz CT molecular complexity index is 1200. The van der Waals surface area contributed by atoms with Crippen LogP contribution in [-0.4, -0.2) is 11.0 Å². The van der Waals surface area contributed by atoms with Gasteiger partial charge in [0, 0.05) is 5.57 Å². The molecule has 6 heteroatoms. The molecule has 0 bridgehead atoms. The number of nitrogens with one attached hydrogen (secondary N) is 2. The summed E-state index contributed by atoms with van der Waals surface area (Å²) in [7, 11) is 0. The molecule has 4 nitrogen and oxygen atoms in total. The molecular weight excluding hydrogens is 385 g/mol. The van der Waals surface area contributed by atoms with E-state index >= 15 is 0 Å². The topological polar surface area (TPSA) is 54.0 Å². The third-order valence-corrected chi connectivity index (χ3v) is 5.93. The molecule has 2 N–H and O–H groups in total. The molecule has 1 aromatic heterocycles. The number of carbonyl (C=O) groups is 1. The molecule has 29 heavy (non-hydrogen) atoms. The molecule has 5 rings (SSSR count). The van der Waals surface area contributed by atoms with Crippen molar-refractivity contribution in [1.82, 2.24) is 15.6 Å². The minimum Gasteiger partial charge on any atom is -0.327 e. The molecule has 4 aromatic rings. The SMILES string of the molecule is O=C1NC(c2ccccc2)=C(c2nc3ccccc3s2)C(c2ccc(F)cc2)N1. The Morgan fingerprint density at radius 1 is 0.897 bits per heavy atom. The van der Waals surface area contributed by atoms with Crippen molar-refractivity contribution in [3.05, 3.63) is 101 Å². The van der Waals surface area contributed by atoms with E-state index in [0.29, 0.717) is 5.70 Å². The summed E-state index contributed by atoms with van der Waals surface area (Å²) in [5.74, 6) is -0.317. The van der Waals surface area contributed by atoms with Crippen LogP contribution in [0.4, 0.5) is 9.18 Å². The van der Waals surface area contributed by atoms with Crippen molar-refractivity contribution in [2.75, 3.05) is 0 Å². The number of amides is 2. The average Bonchev–Trinajstić information content (AvgIpc) is 3.18. The lowest BCUT2D eigenvalue weighted by atomic mass is 9.93. The smallest absolute Gasteiger partial charge is 0.320 e. The van der Waals surface area contributed by atoms with E-state index in [0.717, 1.165) is 31.9 Å². The monoisotopic (exact) mass is 401 g/mol. The van der Waals surface area contributed by atoms with Gasteiger partial charge in [-0.25, -0.2) is 14.2 Å².